The van der Waals surface area contributed by atoms with Gasteiger partial charge in [0.25, 0.3) is 5.91 Å². The molecule has 0 aliphatic carbocycles. The van der Waals surface area contributed by atoms with Crippen LogP contribution in [0.1, 0.15) is 5.56 Å². The Kier molecular flexibility index (Phi) is 7.89. The number of carbonyl (C=O) groups is 1. The van der Waals surface area contributed by atoms with Gasteiger partial charge in [0.05, 0.1) is 23.1 Å². The standard InChI is InChI=1S/C23H27Cl2N3O5S/c1-17-2-3-18(24)14-21(17)26-6-8-27(9-7-26)23(29)16-33-22-5-4-19(15-20(22)25)34(30,31)28-10-12-32-13-11-28/h2-5,14-15H,6-13,16H2,1H3. The number of morpholine rings is 1. The first-order valence-corrected chi connectivity index (χ1v) is 13.2. The molecule has 0 bridgehead atoms. The van der Waals surface area contributed by atoms with E-state index < -0.39 is 10.0 Å². The number of aryl methyl sites for hydroxylation is 1. The van der Waals surface area contributed by atoms with Crippen molar-refractivity contribution >= 4 is 44.8 Å². The van der Waals surface area contributed by atoms with Crippen LogP contribution >= 0.6 is 23.2 Å². The van der Waals surface area contributed by atoms with Gasteiger partial charge in [-0.3, -0.25) is 4.79 Å². The third kappa shape index (κ3) is 5.60. The van der Waals surface area contributed by atoms with Crippen LogP contribution in [0.5, 0.6) is 5.75 Å². The smallest absolute Gasteiger partial charge is 0.260 e. The highest BCUT2D eigenvalue weighted by atomic mass is 35.5. The number of hydrogen-bond acceptors (Lipinski definition) is 6. The maximum atomic E-state index is 12.8. The van der Waals surface area contributed by atoms with Gasteiger partial charge in [0.2, 0.25) is 10.0 Å². The highest BCUT2D eigenvalue weighted by molar-refractivity contribution is 7.89. The molecule has 2 aliphatic rings. The lowest BCUT2D eigenvalue weighted by Crippen LogP contribution is -2.50. The van der Waals surface area contributed by atoms with E-state index in [1.807, 2.05) is 25.1 Å². The van der Waals surface area contributed by atoms with Crippen molar-refractivity contribution < 1.29 is 22.7 Å². The lowest BCUT2D eigenvalue weighted by atomic mass is 10.1. The molecule has 34 heavy (non-hydrogen) atoms. The van der Waals surface area contributed by atoms with Gasteiger partial charge in [-0.05, 0) is 42.8 Å². The van der Waals surface area contributed by atoms with E-state index >= 15 is 0 Å². The molecule has 0 saturated carbocycles. The van der Waals surface area contributed by atoms with Gasteiger partial charge in [-0.2, -0.15) is 4.31 Å². The lowest BCUT2D eigenvalue weighted by molar-refractivity contribution is -0.133. The molecule has 2 fully saturated rings. The lowest BCUT2D eigenvalue weighted by Gasteiger charge is -2.36. The number of halogens is 2. The normalized spacial score (nSPS) is 17.6. The molecule has 11 heteroatoms. The minimum absolute atomic E-state index is 0.0884. The molecule has 4 rings (SSSR count). The van der Waals surface area contributed by atoms with Crippen LogP contribution < -0.4 is 9.64 Å². The molecule has 2 saturated heterocycles. The van der Waals surface area contributed by atoms with Gasteiger partial charge < -0.3 is 19.3 Å². The number of sulfonamides is 1. The Hall–Kier alpha value is -2.04. The van der Waals surface area contributed by atoms with Gasteiger partial charge in [-0.25, -0.2) is 8.42 Å². The van der Waals surface area contributed by atoms with Crippen LogP contribution in [0.2, 0.25) is 10.0 Å². The van der Waals surface area contributed by atoms with Gasteiger partial charge in [-0.15, -0.1) is 0 Å². The fourth-order valence-corrected chi connectivity index (χ4v) is 5.95. The maximum absolute atomic E-state index is 12.8. The molecule has 0 radical (unpaired) electrons. The van der Waals surface area contributed by atoms with Crippen LogP contribution in [0.4, 0.5) is 5.69 Å². The molecular weight excluding hydrogens is 501 g/mol. The number of rotatable bonds is 6. The Morgan fingerprint density at radius 3 is 2.38 bits per heavy atom. The third-order valence-electron chi connectivity index (χ3n) is 6.01. The highest BCUT2D eigenvalue weighted by Gasteiger charge is 2.27. The molecule has 0 atom stereocenters. The molecule has 0 spiro atoms. The van der Waals surface area contributed by atoms with E-state index in [-0.39, 0.29) is 28.2 Å². The number of nitrogens with zero attached hydrogens (tertiary/aromatic N) is 3. The Balaban J connectivity index is 1.32. The van der Waals surface area contributed by atoms with Crippen molar-refractivity contribution in [2.45, 2.75) is 11.8 Å². The third-order valence-corrected chi connectivity index (χ3v) is 8.43. The summed E-state index contributed by atoms with van der Waals surface area (Å²) >= 11 is 12.4. The van der Waals surface area contributed by atoms with Gasteiger partial charge in [0.1, 0.15) is 5.75 Å². The topological polar surface area (TPSA) is 79.4 Å². The zero-order valence-corrected chi connectivity index (χ0v) is 21.2. The number of benzene rings is 2. The van der Waals surface area contributed by atoms with Crippen LogP contribution in [-0.2, 0) is 19.6 Å². The first-order chi connectivity index (χ1) is 16.3. The summed E-state index contributed by atoms with van der Waals surface area (Å²) in [5.74, 6) is 0.118. The maximum Gasteiger partial charge on any atom is 0.260 e. The van der Waals surface area contributed by atoms with E-state index in [9.17, 15) is 13.2 Å². The van der Waals surface area contributed by atoms with Gasteiger partial charge in [0.15, 0.2) is 6.61 Å². The molecule has 2 aromatic rings. The first-order valence-electron chi connectivity index (χ1n) is 11.0. The fourth-order valence-electron chi connectivity index (χ4n) is 4.05. The molecule has 8 nitrogen and oxygen atoms in total. The number of carbonyl (C=O) groups excluding carboxylic acids is 1. The molecular formula is C23H27Cl2N3O5S. The molecule has 0 aromatic heterocycles. The predicted molar refractivity (Wildman–Crippen MR) is 132 cm³/mol. The number of anilines is 1. The van der Waals surface area contributed by atoms with Crippen LogP contribution in [0.15, 0.2) is 41.3 Å². The van der Waals surface area contributed by atoms with E-state index in [2.05, 4.69) is 4.90 Å². The van der Waals surface area contributed by atoms with E-state index in [0.717, 1.165) is 11.3 Å². The van der Waals surface area contributed by atoms with E-state index in [0.29, 0.717) is 57.5 Å². The Bertz CT molecular complexity index is 1150. The number of piperazine rings is 1. The van der Waals surface area contributed by atoms with Crippen LogP contribution in [-0.4, -0.2) is 82.6 Å². The summed E-state index contributed by atoms with van der Waals surface area (Å²) in [4.78, 5) is 16.7. The largest absolute Gasteiger partial charge is 0.482 e. The molecule has 2 aliphatic heterocycles. The summed E-state index contributed by atoms with van der Waals surface area (Å²) in [6.45, 7) is 5.73. The Morgan fingerprint density at radius 2 is 1.71 bits per heavy atom. The molecule has 184 valence electrons. The molecule has 0 N–H and O–H groups in total. The second-order valence-corrected chi connectivity index (χ2v) is 11.0. The summed E-state index contributed by atoms with van der Waals surface area (Å²) in [6.07, 6.45) is 0. The van der Waals surface area contributed by atoms with Crippen molar-refractivity contribution in [1.82, 2.24) is 9.21 Å². The van der Waals surface area contributed by atoms with Crippen molar-refractivity contribution in [3.05, 3.63) is 52.0 Å². The van der Waals surface area contributed by atoms with Gasteiger partial charge in [0, 0.05) is 50.0 Å². The Labute approximate surface area is 210 Å². The van der Waals surface area contributed by atoms with Crippen molar-refractivity contribution in [1.29, 1.82) is 0 Å². The molecule has 0 unspecified atom stereocenters. The summed E-state index contributed by atoms with van der Waals surface area (Å²) in [7, 11) is -3.66. The van der Waals surface area contributed by atoms with Crippen molar-refractivity contribution in [3.63, 3.8) is 0 Å². The number of hydrogen-bond donors (Lipinski definition) is 0. The molecule has 2 heterocycles. The summed E-state index contributed by atoms with van der Waals surface area (Å²) in [5.41, 5.74) is 2.22. The fraction of sp³-hybridized carbons (Fsp3) is 0.435. The highest BCUT2D eigenvalue weighted by Crippen LogP contribution is 2.29. The van der Waals surface area contributed by atoms with Crippen LogP contribution in [0, 0.1) is 6.92 Å². The molecule has 1 amide bonds. The second kappa shape index (κ2) is 10.7. The van der Waals surface area contributed by atoms with E-state index in [1.54, 1.807) is 4.90 Å². The van der Waals surface area contributed by atoms with Crippen molar-refractivity contribution in [3.8, 4) is 5.75 Å². The number of ether oxygens (including phenoxy) is 2. The van der Waals surface area contributed by atoms with Crippen LogP contribution in [0.3, 0.4) is 0 Å². The minimum atomic E-state index is -3.66. The summed E-state index contributed by atoms with van der Waals surface area (Å²) in [6, 6.07) is 10.1. The quantitative estimate of drug-likeness (QED) is 0.574. The predicted octanol–water partition coefficient (Wildman–Crippen LogP) is 3.05. The molecule has 2 aromatic carbocycles. The average Bonchev–Trinajstić information content (AvgIpc) is 2.85. The van der Waals surface area contributed by atoms with Crippen molar-refractivity contribution in [2.75, 3.05) is 64.0 Å². The van der Waals surface area contributed by atoms with E-state index in [4.69, 9.17) is 32.7 Å². The monoisotopic (exact) mass is 527 g/mol. The minimum Gasteiger partial charge on any atom is -0.482 e. The zero-order valence-electron chi connectivity index (χ0n) is 18.9. The van der Waals surface area contributed by atoms with Gasteiger partial charge >= 0.3 is 0 Å². The summed E-state index contributed by atoms with van der Waals surface area (Å²) in [5, 5.41) is 0.830. The zero-order chi connectivity index (χ0) is 24.3. The van der Waals surface area contributed by atoms with Gasteiger partial charge in [-0.1, -0.05) is 29.3 Å². The Morgan fingerprint density at radius 1 is 1.00 bits per heavy atom. The summed E-state index contributed by atoms with van der Waals surface area (Å²) < 4.78 is 37.8. The average molecular weight is 528 g/mol. The number of amides is 1. The van der Waals surface area contributed by atoms with Crippen LogP contribution in [0.25, 0.3) is 0 Å². The van der Waals surface area contributed by atoms with E-state index in [1.165, 1.54) is 22.5 Å². The van der Waals surface area contributed by atoms with Crippen molar-refractivity contribution in [2.24, 2.45) is 0 Å². The first kappa shape index (κ1) is 25.1. The second-order valence-electron chi connectivity index (χ2n) is 8.20. The SMILES string of the molecule is Cc1ccc(Cl)cc1N1CCN(C(=O)COc2ccc(S(=O)(=O)N3CCOCC3)cc2Cl)CC1.